The molecule has 0 atom stereocenters. The van der Waals surface area contributed by atoms with Crippen molar-refractivity contribution >= 4 is 5.78 Å². The lowest BCUT2D eigenvalue weighted by molar-refractivity contribution is -0.127. The van der Waals surface area contributed by atoms with Gasteiger partial charge in [0.05, 0.1) is 0 Å². The van der Waals surface area contributed by atoms with Gasteiger partial charge in [-0.05, 0) is 23.0 Å². The maximum absolute atomic E-state index is 11.7. The van der Waals surface area contributed by atoms with Gasteiger partial charge in [0.25, 0.3) is 0 Å². The predicted octanol–water partition coefficient (Wildman–Crippen LogP) is 4.43. The zero-order chi connectivity index (χ0) is 14.0. The fourth-order valence-electron chi connectivity index (χ4n) is 1.89. The summed E-state index contributed by atoms with van der Waals surface area (Å²) in [5.74, 6) is 0.367. The molecule has 0 aromatic heterocycles. The number of carbonyl (C=O) groups is 1. The van der Waals surface area contributed by atoms with E-state index >= 15 is 0 Å². The Morgan fingerprint density at radius 1 is 1.00 bits per heavy atom. The molecule has 1 nitrogen and oxygen atoms in total. The lowest BCUT2D eigenvalue weighted by Gasteiger charge is -2.29. The molecule has 1 heteroatoms. The minimum absolute atomic E-state index is 0.158. The number of rotatable bonds is 0. The van der Waals surface area contributed by atoms with Crippen LogP contribution in [0.1, 0.15) is 52.7 Å². The Morgan fingerprint density at radius 3 is 1.94 bits per heavy atom. The SMILES string of the molecule is CC(C)(C)C.CC1(C)Cc2ccccc2CC1=O. The van der Waals surface area contributed by atoms with Gasteiger partial charge in [-0.3, -0.25) is 4.79 Å². The first-order valence-electron chi connectivity index (χ1n) is 6.70. The number of Topliss-reactive ketones (excluding diaryl/α,β-unsaturated/α-hetero) is 1. The zero-order valence-electron chi connectivity index (χ0n) is 12.6. The zero-order valence-corrected chi connectivity index (χ0v) is 12.6. The number of hydrogen-bond acceptors (Lipinski definition) is 1. The van der Waals surface area contributed by atoms with Crippen molar-refractivity contribution in [2.75, 3.05) is 0 Å². The molecule has 2 rings (SSSR count). The summed E-state index contributed by atoms with van der Waals surface area (Å²) >= 11 is 0. The van der Waals surface area contributed by atoms with Crippen LogP contribution < -0.4 is 0 Å². The van der Waals surface area contributed by atoms with E-state index in [1.807, 2.05) is 26.0 Å². The van der Waals surface area contributed by atoms with Gasteiger partial charge in [0.1, 0.15) is 5.78 Å². The highest BCUT2D eigenvalue weighted by Gasteiger charge is 2.32. The maximum atomic E-state index is 11.7. The third kappa shape index (κ3) is 4.64. The molecule has 0 saturated heterocycles. The Balaban J connectivity index is 0.000000280. The molecular formula is C17H26O. The van der Waals surface area contributed by atoms with Crippen LogP contribution in [-0.4, -0.2) is 5.78 Å². The summed E-state index contributed by atoms with van der Waals surface area (Å²) in [7, 11) is 0. The van der Waals surface area contributed by atoms with E-state index in [0.29, 0.717) is 17.6 Å². The molecule has 0 radical (unpaired) electrons. The molecule has 1 aromatic rings. The Hall–Kier alpha value is -1.11. The first kappa shape index (κ1) is 14.9. The summed E-state index contributed by atoms with van der Waals surface area (Å²) in [5, 5.41) is 0. The number of benzene rings is 1. The number of hydrogen-bond donors (Lipinski definition) is 0. The van der Waals surface area contributed by atoms with Crippen molar-refractivity contribution in [2.45, 2.75) is 54.4 Å². The summed E-state index contributed by atoms with van der Waals surface area (Å²) < 4.78 is 0. The van der Waals surface area contributed by atoms with Gasteiger partial charge >= 0.3 is 0 Å². The van der Waals surface area contributed by atoms with Gasteiger partial charge in [0, 0.05) is 11.8 Å². The molecule has 1 aromatic carbocycles. The van der Waals surface area contributed by atoms with Crippen LogP contribution in [0.4, 0.5) is 0 Å². The molecule has 0 fully saturated rings. The molecule has 100 valence electrons. The van der Waals surface area contributed by atoms with E-state index in [-0.39, 0.29) is 5.41 Å². The van der Waals surface area contributed by atoms with E-state index in [1.165, 1.54) is 11.1 Å². The molecule has 0 N–H and O–H groups in total. The summed E-state index contributed by atoms with van der Waals surface area (Å²) in [6, 6.07) is 8.24. The van der Waals surface area contributed by atoms with E-state index in [4.69, 9.17) is 0 Å². The van der Waals surface area contributed by atoms with E-state index in [0.717, 1.165) is 6.42 Å². The lowest BCUT2D eigenvalue weighted by Crippen LogP contribution is -2.33. The van der Waals surface area contributed by atoms with Crippen LogP contribution in [0.3, 0.4) is 0 Å². The molecule has 18 heavy (non-hydrogen) atoms. The minimum atomic E-state index is -0.158. The van der Waals surface area contributed by atoms with Crippen LogP contribution in [0.2, 0.25) is 0 Å². The Kier molecular flexibility index (Phi) is 4.37. The van der Waals surface area contributed by atoms with Crippen molar-refractivity contribution in [1.82, 2.24) is 0 Å². The lowest BCUT2D eigenvalue weighted by atomic mass is 9.73. The Labute approximate surface area is 112 Å². The van der Waals surface area contributed by atoms with Crippen LogP contribution in [0.5, 0.6) is 0 Å². The van der Waals surface area contributed by atoms with Crippen molar-refractivity contribution in [3.63, 3.8) is 0 Å². The van der Waals surface area contributed by atoms with Crippen LogP contribution >= 0.6 is 0 Å². The highest BCUT2D eigenvalue weighted by molar-refractivity contribution is 5.88. The van der Waals surface area contributed by atoms with Gasteiger partial charge in [0.15, 0.2) is 0 Å². The normalized spacial score (nSPS) is 17.6. The second-order valence-electron chi connectivity index (χ2n) is 7.43. The monoisotopic (exact) mass is 246 g/mol. The largest absolute Gasteiger partial charge is 0.299 e. The summed E-state index contributed by atoms with van der Waals surface area (Å²) in [6.45, 7) is 12.8. The van der Waals surface area contributed by atoms with Crippen molar-refractivity contribution in [2.24, 2.45) is 10.8 Å². The van der Waals surface area contributed by atoms with Crippen LogP contribution in [0.15, 0.2) is 24.3 Å². The van der Waals surface area contributed by atoms with Crippen LogP contribution in [0.25, 0.3) is 0 Å². The minimum Gasteiger partial charge on any atom is -0.299 e. The fraction of sp³-hybridized carbons (Fsp3) is 0.588. The summed E-state index contributed by atoms with van der Waals surface area (Å²) in [6.07, 6.45) is 1.51. The summed E-state index contributed by atoms with van der Waals surface area (Å²) in [4.78, 5) is 11.7. The average Bonchev–Trinajstić information content (AvgIpc) is 2.16. The Bertz CT molecular complexity index is 415. The molecule has 0 spiro atoms. The van der Waals surface area contributed by atoms with E-state index in [1.54, 1.807) is 0 Å². The molecule has 0 bridgehead atoms. The van der Waals surface area contributed by atoms with Gasteiger partial charge in [-0.2, -0.15) is 0 Å². The number of carbonyl (C=O) groups excluding carboxylic acids is 1. The molecule has 1 aliphatic carbocycles. The first-order valence-corrected chi connectivity index (χ1v) is 6.70. The first-order chi connectivity index (χ1) is 8.09. The topological polar surface area (TPSA) is 17.1 Å². The van der Waals surface area contributed by atoms with Crippen molar-refractivity contribution < 1.29 is 4.79 Å². The maximum Gasteiger partial charge on any atom is 0.143 e. The van der Waals surface area contributed by atoms with E-state index in [2.05, 4.69) is 39.8 Å². The molecule has 0 heterocycles. The summed E-state index contributed by atoms with van der Waals surface area (Å²) in [5.41, 5.74) is 2.90. The average molecular weight is 246 g/mol. The second-order valence-corrected chi connectivity index (χ2v) is 7.43. The van der Waals surface area contributed by atoms with Gasteiger partial charge in [-0.25, -0.2) is 0 Å². The number of ketones is 1. The fourth-order valence-corrected chi connectivity index (χ4v) is 1.89. The van der Waals surface area contributed by atoms with Gasteiger partial charge < -0.3 is 0 Å². The highest BCUT2D eigenvalue weighted by atomic mass is 16.1. The molecule has 1 aliphatic rings. The standard InChI is InChI=1S/C12H14O.C5H12/c1-12(2)8-10-6-4-3-5-9(10)7-11(12)13;1-5(2,3)4/h3-6H,7-8H2,1-2H3;1-4H3. The van der Waals surface area contributed by atoms with Crippen molar-refractivity contribution in [1.29, 1.82) is 0 Å². The van der Waals surface area contributed by atoms with Gasteiger partial charge in [0.2, 0.25) is 0 Å². The quantitative estimate of drug-likeness (QED) is 0.661. The third-order valence-electron chi connectivity index (χ3n) is 2.86. The second kappa shape index (κ2) is 5.26. The van der Waals surface area contributed by atoms with Gasteiger partial charge in [-0.1, -0.05) is 65.8 Å². The molecule has 0 saturated carbocycles. The molecule has 0 amide bonds. The van der Waals surface area contributed by atoms with Crippen LogP contribution in [0, 0.1) is 10.8 Å². The van der Waals surface area contributed by atoms with E-state index in [9.17, 15) is 4.79 Å². The van der Waals surface area contributed by atoms with Crippen LogP contribution in [-0.2, 0) is 17.6 Å². The smallest absolute Gasteiger partial charge is 0.143 e. The van der Waals surface area contributed by atoms with Crippen molar-refractivity contribution in [3.8, 4) is 0 Å². The highest BCUT2D eigenvalue weighted by Crippen LogP contribution is 2.31. The molecule has 0 unspecified atom stereocenters. The predicted molar refractivity (Wildman–Crippen MR) is 77.8 cm³/mol. The van der Waals surface area contributed by atoms with E-state index < -0.39 is 0 Å². The number of fused-ring (bicyclic) bond motifs is 1. The van der Waals surface area contributed by atoms with Gasteiger partial charge in [-0.15, -0.1) is 0 Å². The Morgan fingerprint density at radius 2 is 1.44 bits per heavy atom. The molecule has 0 aliphatic heterocycles. The van der Waals surface area contributed by atoms with Crippen molar-refractivity contribution in [3.05, 3.63) is 35.4 Å². The molecular weight excluding hydrogens is 220 g/mol. The third-order valence-corrected chi connectivity index (χ3v) is 2.86.